The van der Waals surface area contributed by atoms with E-state index in [2.05, 4.69) is 157 Å². The Balaban J connectivity index is 1.06. The molecule has 0 heterocycles. The molecule has 1 spiro atoms. The van der Waals surface area contributed by atoms with Crippen molar-refractivity contribution in [1.82, 2.24) is 0 Å². The molecule has 0 aliphatic heterocycles. The highest BCUT2D eigenvalue weighted by atomic mass is 15.2. The van der Waals surface area contributed by atoms with E-state index in [1.807, 2.05) is 0 Å². The third-order valence-electron chi connectivity index (χ3n) is 13.3. The van der Waals surface area contributed by atoms with Crippen molar-refractivity contribution in [3.63, 3.8) is 0 Å². The molecule has 1 fully saturated rings. The van der Waals surface area contributed by atoms with Crippen LogP contribution in [0.1, 0.15) is 54.4 Å². The van der Waals surface area contributed by atoms with Gasteiger partial charge in [0.25, 0.3) is 0 Å². The van der Waals surface area contributed by atoms with Crippen molar-refractivity contribution < 1.29 is 0 Å². The molecule has 52 heavy (non-hydrogen) atoms. The van der Waals surface area contributed by atoms with Gasteiger partial charge in [-0.1, -0.05) is 121 Å². The lowest BCUT2D eigenvalue weighted by molar-refractivity contribution is 0.446. The summed E-state index contributed by atoms with van der Waals surface area (Å²) in [6.45, 7) is 0. The van der Waals surface area contributed by atoms with Crippen LogP contribution in [-0.2, 0) is 11.8 Å². The Morgan fingerprint density at radius 3 is 2.44 bits per heavy atom. The maximum atomic E-state index is 2.71. The topological polar surface area (TPSA) is 3.24 Å². The Bertz CT molecular complexity index is 2650. The van der Waals surface area contributed by atoms with Gasteiger partial charge < -0.3 is 4.90 Å². The predicted molar refractivity (Wildman–Crippen MR) is 216 cm³/mol. The van der Waals surface area contributed by atoms with Crippen molar-refractivity contribution in [2.45, 2.75) is 43.9 Å². The highest BCUT2D eigenvalue weighted by Gasteiger charge is 2.65. The first-order valence-electron chi connectivity index (χ1n) is 19.3. The molecule has 0 N–H and O–H groups in total. The summed E-state index contributed by atoms with van der Waals surface area (Å²) in [4.78, 5) is 2.61. The van der Waals surface area contributed by atoms with Crippen LogP contribution in [0.25, 0.3) is 33.5 Å². The van der Waals surface area contributed by atoms with E-state index in [1.54, 1.807) is 39.0 Å². The summed E-state index contributed by atoms with van der Waals surface area (Å²) in [7, 11) is 0. The van der Waals surface area contributed by atoms with Gasteiger partial charge in [-0.2, -0.15) is 0 Å². The number of hydrogen-bond acceptors (Lipinski definition) is 1. The molecule has 3 unspecified atom stereocenters. The van der Waals surface area contributed by atoms with E-state index >= 15 is 0 Å². The largest absolute Gasteiger partial charge is 0.314 e. The predicted octanol–water partition coefficient (Wildman–Crippen LogP) is 12.5. The molecule has 7 aliphatic carbocycles. The van der Waals surface area contributed by atoms with Gasteiger partial charge in [0.1, 0.15) is 0 Å². The zero-order chi connectivity index (χ0) is 34.0. The van der Waals surface area contributed by atoms with Gasteiger partial charge in [-0.25, -0.2) is 0 Å². The summed E-state index contributed by atoms with van der Waals surface area (Å²) < 4.78 is 0. The summed E-state index contributed by atoms with van der Waals surface area (Å²) in [6.07, 6.45) is 22.1. The SMILES string of the molecule is C1=CC2C3=CCCC4=C3C3(C5=C(CCC=C45)c4ccccc43)C2C=C1N(C1=Cc2ccccc2CC1)c1cccc(-c2ccc3ccccc3c2)c1. The number of aryl methyl sites for hydroxylation is 1. The standard InChI is InChI=1S/C51H39N/c1-3-12-34-28-37(23-22-32(34)10-1)36-14-7-15-38(30-36)52(39-25-24-33-11-2-4-13-35(33)29-39)40-26-27-42-44-18-9-20-46-45-19-8-17-43-41-16-5-6-21-47(41)51(49(43)45,50(44)46)48(42)31-40/h1-7,10-16,18-19,21-23,26-31,42,48H,8-9,17,20,24-25H2. The van der Waals surface area contributed by atoms with E-state index in [0.29, 0.717) is 11.8 Å². The quantitative estimate of drug-likeness (QED) is 0.185. The van der Waals surface area contributed by atoms with Gasteiger partial charge in [-0.3, -0.25) is 0 Å². The van der Waals surface area contributed by atoms with E-state index in [9.17, 15) is 0 Å². The molecular formula is C51H39N. The third-order valence-corrected chi connectivity index (χ3v) is 13.3. The number of anilines is 1. The number of benzene rings is 5. The minimum atomic E-state index is -0.0907. The van der Waals surface area contributed by atoms with Gasteiger partial charge in [0.15, 0.2) is 0 Å². The fourth-order valence-electron chi connectivity index (χ4n) is 11.3. The normalized spacial score (nSPS) is 24.4. The van der Waals surface area contributed by atoms with Crippen LogP contribution in [0.2, 0.25) is 0 Å². The Morgan fingerprint density at radius 1 is 0.635 bits per heavy atom. The van der Waals surface area contributed by atoms with Gasteiger partial charge in [0, 0.05) is 28.9 Å². The zero-order valence-electron chi connectivity index (χ0n) is 29.3. The van der Waals surface area contributed by atoms with Crippen LogP contribution in [0.15, 0.2) is 185 Å². The van der Waals surface area contributed by atoms with E-state index in [1.165, 1.54) is 62.1 Å². The maximum Gasteiger partial charge on any atom is 0.0544 e. The molecule has 1 nitrogen and oxygen atoms in total. The lowest BCUT2D eigenvalue weighted by Gasteiger charge is -2.38. The van der Waals surface area contributed by atoms with Gasteiger partial charge in [0.05, 0.1) is 5.41 Å². The fraction of sp³-hybridized carbons (Fsp3) is 0.176. The molecule has 0 aromatic heterocycles. The molecule has 7 aliphatic rings. The highest BCUT2D eigenvalue weighted by molar-refractivity contribution is 5.95. The van der Waals surface area contributed by atoms with Crippen molar-refractivity contribution in [1.29, 1.82) is 0 Å². The van der Waals surface area contributed by atoms with Gasteiger partial charge in [-0.15, -0.1) is 0 Å². The van der Waals surface area contributed by atoms with Crippen LogP contribution in [0.4, 0.5) is 5.69 Å². The molecular weight excluding hydrogens is 627 g/mol. The van der Waals surface area contributed by atoms with Crippen molar-refractivity contribution >= 4 is 28.1 Å². The summed E-state index contributed by atoms with van der Waals surface area (Å²) in [5.74, 6) is 0.728. The van der Waals surface area contributed by atoms with E-state index in [-0.39, 0.29) is 5.41 Å². The molecule has 0 amide bonds. The number of hydrogen-bond donors (Lipinski definition) is 0. The first-order valence-corrected chi connectivity index (χ1v) is 19.3. The molecule has 0 radical (unpaired) electrons. The molecule has 248 valence electrons. The average molecular weight is 666 g/mol. The van der Waals surface area contributed by atoms with Gasteiger partial charge in [0.2, 0.25) is 0 Å². The molecule has 12 rings (SSSR count). The Labute approximate surface area is 306 Å². The number of rotatable bonds is 4. The lowest BCUT2D eigenvalue weighted by Crippen LogP contribution is -2.34. The second kappa shape index (κ2) is 10.7. The highest BCUT2D eigenvalue weighted by Crippen LogP contribution is 2.74. The second-order valence-corrected chi connectivity index (χ2v) is 15.7. The summed E-state index contributed by atoms with van der Waals surface area (Å²) in [5.41, 5.74) is 22.0. The lowest BCUT2D eigenvalue weighted by atomic mass is 9.66. The van der Waals surface area contributed by atoms with Crippen LogP contribution in [0, 0.1) is 11.8 Å². The van der Waals surface area contributed by atoms with Crippen LogP contribution in [-0.4, -0.2) is 0 Å². The third kappa shape index (κ3) is 3.78. The zero-order valence-corrected chi connectivity index (χ0v) is 29.3. The van der Waals surface area contributed by atoms with Crippen LogP contribution in [0.3, 0.4) is 0 Å². The number of allylic oxidation sites excluding steroid dienone is 12. The van der Waals surface area contributed by atoms with Gasteiger partial charge in [-0.05, 0) is 146 Å². The van der Waals surface area contributed by atoms with Crippen LogP contribution >= 0.6 is 0 Å². The smallest absolute Gasteiger partial charge is 0.0544 e. The molecule has 3 atom stereocenters. The number of fused-ring (bicyclic) bond motifs is 7. The summed E-state index contributed by atoms with van der Waals surface area (Å²) >= 11 is 0. The summed E-state index contributed by atoms with van der Waals surface area (Å²) in [6, 6.07) is 43.3. The minimum Gasteiger partial charge on any atom is -0.314 e. The van der Waals surface area contributed by atoms with Crippen LogP contribution in [0.5, 0.6) is 0 Å². The van der Waals surface area contributed by atoms with Crippen LogP contribution < -0.4 is 4.90 Å². The fourth-order valence-corrected chi connectivity index (χ4v) is 11.3. The molecule has 5 aromatic rings. The Morgan fingerprint density at radius 2 is 1.46 bits per heavy atom. The Hall–Kier alpha value is -5.66. The van der Waals surface area contributed by atoms with E-state index < -0.39 is 0 Å². The first kappa shape index (κ1) is 29.0. The van der Waals surface area contributed by atoms with Crippen molar-refractivity contribution in [2.75, 3.05) is 4.90 Å². The molecule has 5 aromatic carbocycles. The minimum absolute atomic E-state index is 0.0907. The molecule has 0 bridgehead atoms. The van der Waals surface area contributed by atoms with Gasteiger partial charge >= 0.3 is 0 Å². The average Bonchev–Trinajstić information content (AvgIpc) is 3.80. The molecule has 1 saturated carbocycles. The number of nitrogens with zero attached hydrogens (tertiary/aromatic N) is 1. The molecule has 0 saturated heterocycles. The van der Waals surface area contributed by atoms with E-state index in [4.69, 9.17) is 0 Å². The molecule has 1 heteroatoms. The monoisotopic (exact) mass is 665 g/mol. The second-order valence-electron chi connectivity index (χ2n) is 15.7. The summed E-state index contributed by atoms with van der Waals surface area (Å²) in [5, 5.41) is 2.56. The van der Waals surface area contributed by atoms with Crippen molar-refractivity contribution in [3.8, 4) is 11.1 Å². The van der Waals surface area contributed by atoms with Crippen molar-refractivity contribution in [3.05, 3.63) is 207 Å². The first-order chi connectivity index (χ1) is 25.8. The Kier molecular flexibility index (Phi) is 5.95. The van der Waals surface area contributed by atoms with E-state index in [0.717, 1.165) is 32.1 Å². The maximum absolute atomic E-state index is 2.71. The van der Waals surface area contributed by atoms with Crippen molar-refractivity contribution in [2.24, 2.45) is 11.8 Å².